The van der Waals surface area contributed by atoms with Gasteiger partial charge in [-0.05, 0) is 0 Å². The summed E-state index contributed by atoms with van der Waals surface area (Å²) in [6, 6.07) is 0.159. The quantitative estimate of drug-likeness (QED) is 0.796. The Morgan fingerprint density at radius 1 is 1.24 bits per heavy atom. The largest absolute Gasteiger partial charge is 0.458 e. The Hall–Kier alpha value is -1.96. The van der Waals surface area contributed by atoms with Gasteiger partial charge in [-0.1, -0.05) is 0 Å². The molecule has 0 radical (unpaired) electrons. The molecule has 1 aromatic rings. The van der Waals surface area contributed by atoms with E-state index in [1.807, 2.05) is 0 Å². The van der Waals surface area contributed by atoms with E-state index < -0.39 is 5.82 Å². The first-order valence-electron chi connectivity index (χ1n) is 6.98. The van der Waals surface area contributed by atoms with E-state index in [1.165, 1.54) is 0 Å². The molecule has 1 aromatic heterocycles. The maximum absolute atomic E-state index is 12.7. The van der Waals surface area contributed by atoms with Gasteiger partial charge in [-0.25, -0.2) is 19.2 Å². The molecule has 114 valence electrons. The van der Waals surface area contributed by atoms with Crippen LogP contribution in [0.1, 0.15) is 6.42 Å². The Morgan fingerprint density at radius 2 is 1.95 bits per heavy atom. The van der Waals surface area contributed by atoms with Crippen molar-refractivity contribution in [2.24, 2.45) is 0 Å². The van der Waals surface area contributed by atoms with Crippen molar-refractivity contribution in [2.75, 3.05) is 39.4 Å². The molecule has 0 aliphatic carbocycles. The number of rotatable bonds is 2. The number of morpholine rings is 1. The van der Waals surface area contributed by atoms with E-state index in [9.17, 15) is 9.18 Å². The average molecular weight is 296 g/mol. The Balaban J connectivity index is 1.52. The number of halogens is 1. The lowest BCUT2D eigenvalue weighted by Crippen LogP contribution is -2.47. The second-order valence-corrected chi connectivity index (χ2v) is 5.04. The molecular formula is C13H17FN4O3. The summed E-state index contributed by atoms with van der Waals surface area (Å²) in [6.45, 7) is 3.56. The zero-order valence-corrected chi connectivity index (χ0v) is 11.6. The highest BCUT2D eigenvalue weighted by Crippen LogP contribution is 2.17. The molecule has 0 N–H and O–H groups in total. The van der Waals surface area contributed by atoms with Gasteiger partial charge < -0.3 is 19.3 Å². The van der Waals surface area contributed by atoms with Crippen molar-refractivity contribution < 1.29 is 18.7 Å². The van der Waals surface area contributed by atoms with Gasteiger partial charge in [0.25, 0.3) is 0 Å². The van der Waals surface area contributed by atoms with Crippen LogP contribution in [-0.2, 0) is 4.74 Å². The molecule has 8 heteroatoms. The van der Waals surface area contributed by atoms with Crippen LogP contribution in [0, 0.1) is 5.82 Å². The number of carbonyl (C=O) groups excluding carboxylic acids is 1. The molecule has 2 aliphatic heterocycles. The highest BCUT2D eigenvalue weighted by Gasteiger charge is 2.31. The lowest BCUT2D eigenvalue weighted by Gasteiger charge is -2.30. The Labute approximate surface area is 121 Å². The third kappa shape index (κ3) is 3.38. The van der Waals surface area contributed by atoms with Crippen LogP contribution < -0.4 is 4.74 Å². The van der Waals surface area contributed by atoms with Gasteiger partial charge in [-0.3, -0.25) is 0 Å². The van der Waals surface area contributed by atoms with E-state index in [-0.39, 0.29) is 18.1 Å². The molecule has 3 heterocycles. The van der Waals surface area contributed by atoms with Gasteiger partial charge in [0, 0.05) is 26.1 Å². The zero-order valence-electron chi connectivity index (χ0n) is 11.6. The first-order chi connectivity index (χ1) is 10.2. The molecule has 0 bridgehead atoms. The number of likely N-dealkylation sites (tertiary alicyclic amines) is 1. The highest BCUT2D eigenvalue weighted by molar-refractivity contribution is 5.74. The van der Waals surface area contributed by atoms with Crippen LogP contribution in [0.4, 0.5) is 9.18 Å². The van der Waals surface area contributed by atoms with Crippen LogP contribution in [-0.4, -0.2) is 71.3 Å². The lowest BCUT2D eigenvalue weighted by atomic mass is 10.3. The summed E-state index contributed by atoms with van der Waals surface area (Å²) in [5.74, 6) is -0.502. The second-order valence-electron chi connectivity index (χ2n) is 5.04. The average Bonchev–Trinajstić information content (AvgIpc) is 2.98. The zero-order chi connectivity index (χ0) is 14.7. The summed E-state index contributed by atoms with van der Waals surface area (Å²) in [7, 11) is 0. The second kappa shape index (κ2) is 6.21. The minimum Gasteiger partial charge on any atom is -0.458 e. The summed E-state index contributed by atoms with van der Waals surface area (Å²) in [6.07, 6.45) is 2.69. The molecular weight excluding hydrogens is 279 g/mol. The molecule has 1 atom stereocenters. The normalized spacial score (nSPS) is 22.4. The summed E-state index contributed by atoms with van der Waals surface area (Å²) < 4.78 is 23.5. The molecule has 0 saturated carbocycles. The number of ether oxygens (including phenoxy) is 2. The molecule has 2 saturated heterocycles. The molecule has 21 heavy (non-hydrogen) atoms. The van der Waals surface area contributed by atoms with E-state index in [0.717, 1.165) is 18.8 Å². The predicted octanol–water partition coefficient (Wildman–Crippen LogP) is 0.521. The van der Waals surface area contributed by atoms with Gasteiger partial charge in [0.2, 0.25) is 0 Å². The van der Waals surface area contributed by atoms with Crippen molar-refractivity contribution in [1.82, 2.24) is 19.8 Å². The van der Waals surface area contributed by atoms with Crippen LogP contribution in [0.5, 0.6) is 6.01 Å². The smallest absolute Gasteiger partial charge is 0.320 e. The van der Waals surface area contributed by atoms with Gasteiger partial charge in [-0.2, -0.15) is 0 Å². The molecule has 2 amide bonds. The number of hydrogen-bond acceptors (Lipinski definition) is 5. The Kier molecular flexibility index (Phi) is 4.14. The van der Waals surface area contributed by atoms with Gasteiger partial charge >= 0.3 is 12.0 Å². The monoisotopic (exact) mass is 296 g/mol. The van der Waals surface area contributed by atoms with Crippen molar-refractivity contribution in [3.63, 3.8) is 0 Å². The standard InChI is InChI=1S/C13H17FN4O3/c14-10-7-15-12(16-8-10)21-11-1-2-18(9-11)13(19)17-3-5-20-6-4-17/h7-8,11H,1-6,9H2/t11-/m1/s1. The van der Waals surface area contributed by atoms with E-state index in [2.05, 4.69) is 9.97 Å². The maximum atomic E-state index is 12.7. The molecule has 7 nitrogen and oxygen atoms in total. The Bertz CT molecular complexity index is 493. The van der Waals surface area contributed by atoms with Crippen LogP contribution in [0.25, 0.3) is 0 Å². The summed E-state index contributed by atoms with van der Waals surface area (Å²) in [5, 5.41) is 0. The molecule has 0 spiro atoms. The first-order valence-corrected chi connectivity index (χ1v) is 6.98. The van der Waals surface area contributed by atoms with Crippen molar-refractivity contribution in [2.45, 2.75) is 12.5 Å². The number of hydrogen-bond donors (Lipinski definition) is 0. The SMILES string of the molecule is O=C(N1CCOCC1)N1CC[C@@H](Oc2ncc(F)cn2)C1. The minimum atomic E-state index is -0.502. The summed E-state index contributed by atoms with van der Waals surface area (Å²) in [5.41, 5.74) is 0. The lowest BCUT2D eigenvalue weighted by molar-refractivity contribution is 0.0442. The third-order valence-electron chi connectivity index (χ3n) is 3.57. The van der Waals surface area contributed by atoms with E-state index in [4.69, 9.17) is 9.47 Å². The van der Waals surface area contributed by atoms with Crippen molar-refractivity contribution in [3.8, 4) is 6.01 Å². The Morgan fingerprint density at radius 3 is 2.67 bits per heavy atom. The van der Waals surface area contributed by atoms with Crippen molar-refractivity contribution in [1.29, 1.82) is 0 Å². The first kappa shape index (κ1) is 14.0. The molecule has 0 unspecified atom stereocenters. The number of aromatic nitrogens is 2. The van der Waals surface area contributed by atoms with Crippen molar-refractivity contribution in [3.05, 3.63) is 18.2 Å². The number of amides is 2. The van der Waals surface area contributed by atoms with Crippen LogP contribution in [0.15, 0.2) is 12.4 Å². The molecule has 3 rings (SSSR count). The number of carbonyl (C=O) groups is 1. The van der Waals surface area contributed by atoms with Gasteiger partial charge in [0.1, 0.15) is 6.10 Å². The van der Waals surface area contributed by atoms with Crippen LogP contribution in [0.2, 0.25) is 0 Å². The summed E-state index contributed by atoms with van der Waals surface area (Å²) >= 11 is 0. The third-order valence-corrected chi connectivity index (χ3v) is 3.57. The van der Waals surface area contributed by atoms with E-state index in [1.54, 1.807) is 9.80 Å². The van der Waals surface area contributed by atoms with Gasteiger partial charge in [-0.15, -0.1) is 0 Å². The molecule has 0 aromatic carbocycles. The van der Waals surface area contributed by atoms with Gasteiger partial charge in [0.05, 0.1) is 32.2 Å². The highest BCUT2D eigenvalue weighted by atomic mass is 19.1. The molecule has 2 fully saturated rings. The number of urea groups is 1. The predicted molar refractivity (Wildman–Crippen MR) is 70.4 cm³/mol. The van der Waals surface area contributed by atoms with Crippen LogP contribution in [0.3, 0.4) is 0 Å². The van der Waals surface area contributed by atoms with E-state index in [0.29, 0.717) is 39.4 Å². The topological polar surface area (TPSA) is 67.8 Å². The fourth-order valence-corrected chi connectivity index (χ4v) is 2.46. The van der Waals surface area contributed by atoms with E-state index >= 15 is 0 Å². The number of nitrogens with zero attached hydrogens (tertiary/aromatic N) is 4. The fraction of sp³-hybridized carbons (Fsp3) is 0.615. The summed E-state index contributed by atoms with van der Waals surface area (Å²) in [4.78, 5) is 23.4. The maximum Gasteiger partial charge on any atom is 0.320 e. The van der Waals surface area contributed by atoms with Crippen LogP contribution >= 0.6 is 0 Å². The fourth-order valence-electron chi connectivity index (χ4n) is 2.46. The molecule has 2 aliphatic rings. The van der Waals surface area contributed by atoms with Gasteiger partial charge in [0.15, 0.2) is 5.82 Å². The minimum absolute atomic E-state index is 0.0180. The van der Waals surface area contributed by atoms with Crippen molar-refractivity contribution >= 4 is 6.03 Å².